The third kappa shape index (κ3) is 3.17. The van der Waals surface area contributed by atoms with Crippen LogP contribution in [0.25, 0.3) is 10.9 Å². The Kier molecular flexibility index (Phi) is 4.62. The van der Waals surface area contributed by atoms with Gasteiger partial charge in [-0.3, -0.25) is 4.98 Å². The molecule has 0 unspecified atom stereocenters. The summed E-state index contributed by atoms with van der Waals surface area (Å²) in [4.78, 5) is 16.4. The molecule has 0 N–H and O–H groups in total. The van der Waals surface area contributed by atoms with Gasteiger partial charge < -0.3 is 4.74 Å². The summed E-state index contributed by atoms with van der Waals surface area (Å²) in [6, 6.07) is 10.2. The van der Waals surface area contributed by atoms with Crippen LogP contribution in [0.2, 0.25) is 0 Å². The zero-order valence-corrected chi connectivity index (χ0v) is 14.9. The van der Waals surface area contributed by atoms with Crippen molar-refractivity contribution >= 4 is 32.8 Å². The zero-order valence-electron chi connectivity index (χ0n) is 13.3. The topological polar surface area (TPSA) is 39.2 Å². The smallest absolute Gasteiger partial charge is 0.338 e. The molecule has 0 saturated carbocycles. The highest BCUT2D eigenvalue weighted by atomic mass is 79.9. The van der Waals surface area contributed by atoms with E-state index in [1.54, 1.807) is 24.4 Å². The molecular weight excluding hydrogens is 373 g/mol. The number of hydrogen-bond acceptors (Lipinski definition) is 3. The summed E-state index contributed by atoms with van der Waals surface area (Å²) in [7, 11) is 1.36. The molecule has 24 heavy (non-hydrogen) atoms. The minimum Gasteiger partial charge on any atom is -0.465 e. The van der Waals surface area contributed by atoms with Crippen molar-refractivity contribution in [1.82, 2.24) is 4.98 Å². The van der Waals surface area contributed by atoms with E-state index in [4.69, 9.17) is 4.74 Å². The quantitative estimate of drug-likeness (QED) is 0.604. The highest BCUT2D eigenvalue weighted by Crippen LogP contribution is 2.30. The van der Waals surface area contributed by atoms with E-state index in [1.165, 1.54) is 19.2 Å². The standard InChI is InChI=1S/C19H15BrFNO2/c1-11-15(19(23)24-2)9-17(20)16-8-13(10-22-18(11)16)7-12-3-5-14(21)6-4-12/h3-6,8-10H,7H2,1-2H3. The predicted octanol–water partition coefficient (Wildman–Crippen LogP) is 4.82. The Labute approximate surface area is 147 Å². The second-order valence-corrected chi connectivity index (χ2v) is 6.42. The summed E-state index contributed by atoms with van der Waals surface area (Å²) in [5, 5.41) is 0.930. The lowest BCUT2D eigenvalue weighted by atomic mass is 10.0. The van der Waals surface area contributed by atoms with Crippen LogP contribution >= 0.6 is 15.9 Å². The highest BCUT2D eigenvalue weighted by molar-refractivity contribution is 9.10. The summed E-state index contributed by atoms with van der Waals surface area (Å²) in [6.07, 6.45) is 2.44. The number of fused-ring (bicyclic) bond motifs is 1. The number of nitrogens with zero attached hydrogens (tertiary/aromatic N) is 1. The Hall–Kier alpha value is -2.27. The van der Waals surface area contributed by atoms with Crippen LogP contribution in [-0.2, 0) is 11.2 Å². The van der Waals surface area contributed by atoms with Gasteiger partial charge in [-0.2, -0.15) is 0 Å². The van der Waals surface area contributed by atoms with E-state index >= 15 is 0 Å². The van der Waals surface area contributed by atoms with Crippen LogP contribution in [0.5, 0.6) is 0 Å². The summed E-state index contributed by atoms with van der Waals surface area (Å²) >= 11 is 3.51. The Morgan fingerprint density at radius 1 is 1.21 bits per heavy atom. The number of halogens is 2. The zero-order chi connectivity index (χ0) is 17.3. The van der Waals surface area contributed by atoms with Crippen molar-refractivity contribution in [3.63, 3.8) is 0 Å². The fourth-order valence-electron chi connectivity index (χ4n) is 2.69. The van der Waals surface area contributed by atoms with Crippen LogP contribution < -0.4 is 0 Å². The van der Waals surface area contributed by atoms with Crippen LogP contribution in [0.15, 0.2) is 47.1 Å². The van der Waals surface area contributed by atoms with Crippen molar-refractivity contribution in [2.75, 3.05) is 7.11 Å². The molecule has 1 aromatic heterocycles. The van der Waals surface area contributed by atoms with Gasteiger partial charge in [-0.05, 0) is 54.3 Å². The molecule has 5 heteroatoms. The lowest BCUT2D eigenvalue weighted by Crippen LogP contribution is -2.05. The number of rotatable bonds is 3. The van der Waals surface area contributed by atoms with Gasteiger partial charge in [0.15, 0.2) is 0 Å². The summed E-state index contributed by atoms with van der Waals surface area (Å²) in [6.45, 7) is 1.85. The van der Waals surface area contributed by atoms with Crippen LogP contribution in [-0.4, -0.2) is 18.1 Å². The van der Waals surface area contributed by atoms with E-state index < -0.39 is 0 Å². The first-order valence-corrected chi connectivity index (χ1v) is 8.19. The molecule has 0 aliphatic carbocycles. The number of carbonyl (C=O) groups excluding carboxylic acids is 1. The van der Waals surface area contributed by atoms with Crippen molar-refractivity contribution in [3.05, 3.63) is 75.1 Å². The molecule has 1 heterocycles. The fraction of sp³-hybridized carbons (Fsp3) is 0.158. The van der Waals surface area contributed by atoms with E-state index in [0.29, 0.717) is 12.0 Å². The molecular formula is C19H15BrFNO2. The van der Waals surface area contributed by atoms with Gasteiger partial charge in [0.2, 0.25) is 0 Å². The second kappa shape index (κ2) is 6.69. The van der Waals surface area contributed by atoms with Crippen LogP contribution in [0.4, 0.5) is 4.39 Å². The number of pyridine rings is 1. The molecule has 0 amide bonds. The molecule has 0 bridgehead atoms. The number of aromatic nitrogens is 1. The fourth-order valence-corrected chi connectivity index (χ4v) is 3.22. The summed E-state index contributed by atoms with van der Waals surface area (Å²) in [5.41, 5.74) is 4.06. The second-order valence-electron chi connectivity index (χ2n) is 5.57. The monoisotopic (exact) mass is 387 g/mol. The predicted molar refractivity (Wildman–Crippen MR) is 94.7 cm³/mol. The van der Waals surface area contributed by atoms with E-state index in [-0.39, 0.29) is 11.8 Å². The van der Waals surface area contributed by atoms with Gasteiger partial charge in [-0.25, -0.2) is 9.18 Å². The van der Waals surface area contributed by atoms with Gasteiger partial charge in [0.1, 0.15) is 5.82 Å². The van der Waals surface area contributed by atoms with Gasteiger partial charge in [-0.1, -0.05) is 28.1 Å². The first-order chi connectivity index (χ1) is 11.5. The van der Waals surface area contributed by atoms with Gasteiger partial charge in [-0.15, -0.1) is 0 Å². The molecule has 0 atom stereocenters. The molecule has 0 aliphatic heterocycles. The number of benzene rings is 2. The number of hydrogen-bond donors (Lipinski definition) is 0. The molecule has 2 aromatic carbocycles. The number of esters is 1. The first kappa shape index (κ1) is 16.6. The van der Waals surface area contributed by atoms with Crippen LogP contribution in [0.1, 0.15) is 27.0 Å². The van der Waals surface area contributed by atoms with Crippen molar-refractivity contribution in [3.8, 4) is 0 Å². The minimum absolute atomic E-state index is 0.246. The molecule has 3 aromatic rings. The number of ether oxygens (including phenoxy) is 1. The van der Waals surface area contributed by atoms with Gasteiger partial charge >= 0.3 is 5.97 Å². The Bertz CT molecular complexity index is 923. The van der Waals surface area contributed by atoms with Gasteiger partial charge in [0.05, 0.1) is 18.2 Å². The van der Waals surface area contributed by atoms with Crippen molar-refractivity contribution in [1.29, 1.82) is 0 Å². The van der Waals surface area contributed by atoms with E-state index in [2.05, 4.69) is 20.9 Å². The molecule has 0 saturated heterocycles. The van der Waals surface area contributed by atoms with Crippen molar-refractivity contribution in [2.24, 2.45) is 0 Å². The lowest BCUT2D eigenvalue weighted by Gasteiger charge is -2.11. The van der Waals surface area contributed by atoms with Crippen molar-refractivity contribution < 1.29 is 13.9 Å². The molecule has 0 aliphatic rings. The largest absolute Gasteiger partial charge is 0.465 e. The summed E-state index contributed by atoms with van der Waals surface area (Å²) < 4.78 is 18.6. The molecule has 122 valence electrons. The molecule has 3 rings (SSSR count). The molecule has 0 spiro atoms. The van der Waals surface area contributed by atoms with Crippen LogP contribution in [0, 0.1) is 12.7 Å². The third-order valence-electron chi connectivity index (χ3n) is 3.96. The van der Waals surface area contributed by atoms with Gasteiger partial charge in [0, 0.05) is 16.1 Å². The maximum absolute atomic E-state index is 13.0. The molecule has 3 nitrogen and oxygen atoms in total. The Balaban J connectivity index is 2.04. The highest BCUT2D eigenvalue weighted by Gasteiger charge is 2.15. The molecule has 0 radical (unpaired) electrons. The summed E-state index contributed by atoms with van der Waals surface area (Å²) in [5.74, 6) is -0.628. The number of carbonyl (C=O) groups is 1. The SMILES string of the molecule is COC(=O)c1cc(Br)c2cc(Cc3ccc(F)cc3)cnc2c1C. The molecule has 0 fully saturated rings. The maximum Gasteiger partial charge on any atom is 0.338 e. The minimum atomic E-state index is -0.382. The van der Waals surface area contributed by atoms with E-state index in [1.807, 2.05) is 13.0 Å². The van der Waals surface area contributed by atoms with Gasteiger partial charge in [0.25, 0.3) is 0 Å². The lowest BCUT2D eigenvalue weighted by molar-refractivity contribution is 0.0600. The third-order valence-corrected chi connectivity index (χ3v) is 4.61. The van der Waals surface area contributed by atoms with E-state index in [9.17, 15) is 9.18 Å². The number of methoxy groups -OCH3 is 1. The van der Waals surface area contributed by atoms with Crippen molar-refractivity contribution in [2.45, 2.75) is 13.3 Å². The number of aryl methyl sites for hydroxylation is 1. The maximum atomic E-state index is 13.0. The average Bonchev–Trinajstić information content (AvgIpc) is 2.59. The Morgan fingerprint density at radius 2 is 1.92 bits per heavy atom. The van der Waals surface area contributed by atoms with E-state index in [0.717, 1.165) is 32.1 Å². The average molecular weight is 388 g/mol. The Morgan fingerprint density at radius 3 is 2.58 bits per heavy atom. The van der Waals surface area contributed by atoms with Crippen LogP contribution in [0.3, 0.4) is 0 Å². The normalized spacial score (nSPS) is 10.8. The first-order valence-electron chi connectivity index (χ1n) is 7.40.